The summed E-state index contributed by atoms with van der Waals surface area (Å²) in [5.74, 6) is -1.04. The van der Waals surface area contributed by atoms with Crippen LogP contribution in [0.1, 0.15) is 34.6 Å². The summed E-state index contributed by atoms with van der Waals surface area (Å²) < 4.78 is 0. The Morgan fingerprint density at radius 2 is 1.56 bits per heavy atom. The number of carbonyl (C=O) groups is 2. The Morgan fingerprint density at radius 1 is 1.06 bits per heavy atom. The number of carbonyl (C=O) groups excluding carboxylic acids is 1. The molecule has 0 aliphatic heterocycles. The summed E-state index contributed by atoms with van der Waals surface area (Å²) in [6, 6.07) is 0.00860. The van der Waals surface area contributed by atoms with E-state index in [4.69, 9.17) is 5.11 Å². The van der Waals surface area contributed by atoms with E-state index in [2.05, 4.69) is 13.8 Å². The van der Waals surface area contributed by atoms with E-state index in [1.807, 2.05) is 13.8 Å². The first-order valence-corrected chi connectivity index (χ1v) is 6.41. The third-order valence-electron chi connectivity index (χ3n) is 2.73. The summed E-state index contributed by atoms with van der Waals surface area (Å²) >= 11 is 0. The Bertz CT molecular complexity index is 290. The fraction of sp³-hybridized carbons (Fsp3) is 0.846. The molecule has 2 amide bonds. The van der Waals surface area contributed by atoms with E-state index in [0.29, 0.717) is 12.5 Å². The predicted molar refractivity (Wildman–Crippen MR) is 71.5 cm³/mol. The molecule has 0 aromatic rings. The van der Waals surface area contributed by atoms with Crippen LogP contribution in [0.4, 0.5) is 4.79 Å². The number of hydrogen-bond donors (Lipinski definition) is 1. The molecule has 18 heavy (non-hydrogen) atoms. The molecule has 0 aliphatic carbocycles. The second-order valence-electron chi connectivity index (χ2n) is 5.54. The maximum atomic E-state index is 12.2. The molecule has 0 rings (SSSR count). The first-order valence-electron chi connectivity index (χ1n) is 6.41. The lowest BCUT2D eigenvalue weighted by Crippen LogP contribution is -2.48. The zero-order chi connectivity index (χ0) is 14.5. The van der Waals surface area contributed by atoms with E-state index in [1.165, 1.54) is 4.90 Å². The molecule has 0 saturated heterocycles. The maximum absolute atomic E-state index is 12.2. The molecule has 106 valence electrons. The molecule has 0 aromatic carbocycles. The fourth-order valence-electron chi connectivity index (χ4n) is 1.69. The number of aliphatic carboxylic acids is 1. The van der Waals surface area contributed by atoms with Gasteiger partial charge in [-0.15, -0.1) is 0 Å². The quantitative estimate of drug-likeness (QED) is 0.794. The van der Waals surface area contributed by atoms with Gasteiger partial charge in [-0.25, -0.2) is 4.79 Å². The van der Waals surface area contributed by atoms with Crippen molar-refractivity contribution < 1.29 is 14.7 Å². The highest BCUT2D eigenvalue weighted by atomic mass is 16.4. The second-order valence-corrected chi connectivity index (χ2v) is 5.54. The van der Waals surface area contributed by atoms with Gasteiger partial charge < -0.3 is 14.9 Å². The number of amides is 2. The van der Waals surface area contributed by atoms with Crippen LogP contribution in [-0.2, 0) is 4.79 Å². The standard InChI is InChI=1S/C13H26N2O3/c1-9(2)7-15(10(3)4)13(18)14(6)8-11(5)12(16)17/h9-11H,7-8H2,1-6H3,(H,16,17). The molecule has 0 fully saturated rings. The molecule has 1 atom stereocenters. The van der Waals surface area contributed by atoms with Crippen molar-refractivity contribution in [1.29, 1.82) is 0 Å². The highest BCUT2D eigenvalue weighted by Gasteiger charge is 2.24. The second kappa shape index (κ2) is 7.24. The van der Waals surface area contributed by atoms with Crippen molar-refractivity contribution in [3.8, 4) is 0 Å². The van der Waals surface area contributed by atoms with Crippen LogP contribution in [0.5, 0.6) is 0 Å². The molecule has 5 heteroatoms. The Morgan fingerprint density at radius 3 is 1.89 bits per heavy atom. The number of carboxylic acid groups (broad SMARTS) is 1. The molecular weight excluding hydrogens is 232 g/mol. The molecule has 0 radical (unpaired) electrons. The van der Waals surface area contributed by atoms with Crippen LogP contribution < -0.4 is 0 Å². The van der Waals surface area contributed by atoms with E-state index in [-0.39, 0.29) is 18.6 Å². The van der Waals surface area contributed by atoms with Gasteiger partial charge in [0.05, 0.1) is 5.92 Å². The summed E-state index contributed by atoms with van der Waals surface area (Å²) in [5, 5.41) is 8.85. The number of carboxylic acids is 1. The molecule has 0 spiro atoms. The van der Waals surface area contributed by atoms with Gasteiger partial charge in [-0.1, -0.05) is 20.8 Å². The van der Waals surface area contributed by atoms with Crippen LogP contribution >= 0.6 is 0 Å². The molecule has 1 N–H and O–H groups in total. The number of hydrogen-bond acceptors (Lipinski definition) is 2. The van der Waals surface area contributed by atoms with Gasteiger partial charge in [-0.05, 0) is 19.8 Å². The van der Waals surface area contributed by atoms with Crippen molar-refractivity contribution in [3.63, 3.8) is 0 Å². The van der Waals surface area contributed by atoms with Gasteiger partial charge in [0.15, 0.2) is 0 Å². The average Bonchev–Trinajstić information content (AvgIpc) is 2.23. The van der Waals surface area contributed by atoms with Crippen molar-refractivity contribution in [2.45, 2.75) is 40.7 Å². The third-order valence-corrected chi connectivity index (χ3v) is 2.73. The van der Waals surface area contributed by atoms with Gasteiger partial charge in [0.25, 0.3) is 0 Å². The molecule has 0 heterocycles. The van der Waals surface area contributed by atoms with Crippen LogP contribution in [0.15, 0.2) is 0 Å². The minimum Gasteiger partial charge on any atom is -0.481 e. The third kappa shape index (κ3) is 5.38. The average molecular weight is 258 g/mol. The normalized spacial score (nSPS) is 12.7. The summed E-state index contributed by atoms with van der Waals surface area (Å²) in [6.07, 6.45) is 0. The maximum Gasteiger partial charge on any atom is 0.320 e. The zero-order valence-electron chi connectivity index (χ0n) is 12.3. The Balaban J connectivity index is 4.61. The van der Waals surface area contributed by atoms with E-state index in [0.717, 1.165) is 0 Å². The van der Waals surface area contributed by atoms with E-state index in [9.17, 15) is 9.59 Å². The molecule has 5 nitrogen and oxygen atoms in total. The predicted octanol–water partition coefficient (Wildman–Crippen LogP) is 2.13. The molecule has 0 bridgehead atoms. The largest absolute Gasteiger partial charge is 0.481 e. The van der Waals surface area contributed by atoms with Crippen molar-refractivity contribution in [2.75, 3.05) is 20.1 Å². The van der Waals surface area contributed by atoms with Gasteiger partial charge >= 0.3 is 12.0 Å². The van der Waals surface area contributed by atoms with Crippen molar-refractivity contribution in [3.05, 3.63) is 0 Å². The van der Waals surface area contributed by atoms with Crippen LogP contribution in [0, 0.1) is 11.8 Å². The van der Waals surface area contributed by atoms with Crippen molar-refractivity contribution in [2.24, 2.45) is 11.8 Å². The summed E-state index contributed by atoms with van der Waals surface area (Å²) in [6.45, 7) is 10.6. The Labute approximate surface area is 110 Å². The van der Waals surface area contributed by atoms with E-state index < -0.39 is 11.9 Å². The summed E-state index contributed by atoms with van der Waals surface area (Å²) in [4.78, 5) is 26.3. The topological polar surface area (TPSA) is 60.9 Å². The number of urea groups is 1. The molecular formula is C13H26N2O3. The number of nitrogens with zero attached hydrogens (tertiary/aromatic N) is 2. The lowest BCUT2D eigenvalue weighted by molar-refractivity contribution is -0.141. The lowest BCUT2D eigenvalue weighted by atomic mass is 10.1. The van der Waals surface area contributed by atoms with Crippen LogP contribution in [0.3, 0.4) is 0 Å². The molecule has 0 aliphatic rings. The monoisotopic (exact) mass is 258 g/mol. The summed E-state index contributed by atoms with van der Waals surface area (Å²) in [7, 11) is 1.65. The molecule has 0 saturated carbocycles. The number of rotatable bonds is 6. The van der Waals surface area contributed by atoms with Crippen LogP contribution in [0.25, 0.3) is 0 Å². The molecule has 0 aromatic heterocycles. The van der Waals surface area contributed by atoms with Gasteiger partial charge in [0.1, 0.15) is 0 Å². The van der Waals surface area contributed by atoms with E-state index >= 15 is 0 Å². The summed E-state index contributed by atoms with van der Waals surface area (Å²) in [5.41, 5.74) is 0. The van der Waals surface area contributed by atoms with Crippen molar-refractivity contribution in [1.82, 2.24) is 9.80 Å². The minimum atomic E-state index is -0.880. The highest BCUT2D eigenvalue weighted by molar-refractivity contribution is 5.76. The van der Waals surface area contributed by atoms with Crippen LogP contribution in [0.2, 0.25) is 0 Å². The fourth-order valence-corrected chi connectivity index (χ4v) is 1.69. The van der Waals surface area contributed by atoms with Gasteiger partial charge in [-0.2, -0.15) is 0 Å². The smallest absolute Gasteiger partial charge is 0.320 e. The van der Waals surface area contributed by atoms with Gasteiger partial charge in [-0.3, -0.25) is 4.79 Å². The first kappa shape index (κ1) is 16.7. The zero-order valence-corrected chi connectivity index (χ0v) is 12.3. The Kier molecular flexibility index (Phi) is 6.73. The lowest BCUT2D eigenvalue weighted by Gasteiger charge is -2.33. The minimum absolute atomic E-state index is 0.105. The van der Waals surface area contributed by atoms with Crippen LogP contribution in [-0.4, -0.2) is 53.1 Å². The molecule has 1 unspecified atom stereocenters. The van der Waals surface area contributed by atoms with Gasteiger partial charge in [0.2, 0.25) is 0 Å². The van der Waals surface area contributed by atoms with E-state index in [1.54, 1.807) is 18.9 Å². The highest BCUT2D eigenvalue weighted by Crippen LogP contribution is 2.09. The Hall–Kier alpha value is -1.26. The SMILES string of the molecule is CC(C)CN(C(=O)N(C)CC(C)C(=O)O)C(C)C. The van der Waals surface area contributed by atoms with Gasteiger partial charge in [0, 0.05) is 26.2 Å². The first-order chi connectivity index (χ1) is 8.16. The van der Waals surface area contributed by atoms with Crippen molar-refractivity contribution >= 4 is 12.0 Å².